The molecule has 0 spiro atoms. The molecule has 66 valence electrons. The smallest absolute Gasteiger partial charge is 0.186 e. The number of hydrogen-bond donors (Lipinski definition) is 0. The van der Waals surface area contributed by atoms with Crippen molar-refractivity contribution in [3.63, 3.8) is 0 Å². The van der Waals surface area contributed by atoms with Crippen LogP contribution in [0.5, 0.6) is 0 Å². The van der Waals surface area contributed by atoms with E-state index in [1.54, 1.807) is 6.08 Å². The third kappa shape index (κ3) is 1.20. The number of halogens is 1. The van der Waals surface area contributed by atoms with Gasteiger partial charge in [-0.05, 0) is 24.1 Å². The molecule has 1 nitrogen and oxygen atoms in total. The van der Waals surface area contributed by atoms with E-state index in [0.29, 0.717) is 5.03 Å². The molecule has 2 heteroatoms. The van der Waals surface area contributed by atoms with E-state index < -0.39 is 0 Å². The first-order valence-electron chi connectivity index (χ1n) is 4.28. The van der Waals surface area contributed by atoms with Crippen molar-refractivity contribution in [2.45, 2.75) is 13.3 Å². The average Bonchev–Trinajstić information content (AvgIpc) is 2.56. The minimum atomic E-state index is 0.0547. The number of allylic oxidation sites excluding steroid dienone is 8. The third-order valence-corrected chi connectivity index (χ3v) is 2.62. The highest BCUT2D eigenvalue weighted by Gasteiger charge is 2.24. The zero-order chi connectivity index (χ0) is 9.42. The van der Waals surface area contributed by atoms with Gasteiger partial charge in [0.2, 0.25) is 0 Å². The van der Waals surface area contributed by atoms with Crippen molar-refractivity contribution in [1.29, 1.82) is 0 Å². The zero-order valence-corrected chi connectivity index (χ0v) is 8.06. The fourth-order valence-corrected chi connectivity index (χ4v) is 1.91. The predicted molar refractivity (Wildman–Crippen MR) is 53.5 cm³/mol. The summed E-state index contributed by atoms with van der Waals surface area (Å²) in [6, 6.07) is 0. The zero-order valence-electron chi connectivity index (χ0n) is 7.30. The van der Waals surface area contributed by atoms with Gasteiger partial charge in [-0.1, -0.05) is 30.7 Å². The van der Waals surface area contributed by atoms with Crippen LogP contribution < -0.4 is 0 Å². The summed E-state index contributed by atoms with van der Waals surface area (Å²) in [4.78, 5) is 11.4. The Bertz CT molecular complexity index is 394. The van der Waals surface area contributed by atoms with E-state index in [9.17, 15) is 4.79 Å². The van der Waals surface area contributed by atoms with Crippen LogP contribution in [0.1, 0.15) is 13.3 Å². The lowest BCUT2D eigenvalue weighted by molar-refractivity contribution is -0.111. The molecule has 0 amide bonds. The lowest BCUT2D eigenvalue weighted by Gasteiger charge is -2.11. The maximum absolute atomic E-state index is 11.4. The number of carbonyl (C=O) groups excluding carboxylic acids is 1. The van der Waals surface area contributed by atoms with Crippen molar-refractivity contribution < 1.29 is 4.79 Å². The predicted octanol–water partition coefficient (Wildman–Crippen LogP) is 2.89. The van der Waals surface area contributed by atoms with Gasteiger partial charge in [0.05, 0.1) is 0 Å². The van der Waals surface area contributed by atoms with E-state index >= 15 is 0 Å². The number of hydrogen-bond acceptors (Lipinski definition) is 1. The van der Waals surface area contributed by atoms with Crippen molar-refractivity contribution in [2.24, 2.45) is 0 Å². The van der Waals surface area contributed by atoms with E-state index in [2.05, 4.69) is 6.92 Å². The molecule has 0 heterocycles. The maximum Gasteiger partial charge on any atom is 0.186 e. The fraction of sp³-hybridized carbons (Fsp3) is 0.182. The molecule has 0 aromatic heterocycles. The van der Waals surface area contributed by atoms with Crippen molar-refractivity contribution in [2.75, 3.05) is 0 Å². The highest BCUT2D eigenvalue weighted by atomic mass is 35.5. The van der Waals surface area contributed by atoms with Gasteiger partial charge in [-0.15, -0.1) is 0 Å². The summed E-state index contributed by atoms with van der Waals surface area (Å²) < 4.78 is 0. The molecule has 0 radical (unpaired) electrons. The summed E-state index contributed by atoms with van der Waals surface area (Å²) in [5.74, 6) is 0.0547. The van der Waals surface area contributed by atoms with Gasteiger partial charge in [0.25, 0.3) is 0 Å². The van der Waals surface area contributed by atoms with Crippen LogP contribution in [0, 0.1) is 0 Å². The van der Waals surface area contributed by atoms with Crippen LogP contribution in [0.25, 0.3) is 0 Å². The average molecular weight is 193 g/mol. The van der Waals surface area contributed by atoms with Gasteiger partial charge in [0.15, 0.2) is 5.78 Å². The van der Waals surface area contributed by atoms with Crippen molar-refractivity contribution in [3.8, 4) is 0 Å². The van der Waals surface area contributed by atoms with Gasteiger partial charge in [-0.3, -0.25) is 4.79 Å². The molecule has 0 aliphatic heterocycles. The van der Waals surface area contributed by atoms with Gasteiger partial charge in [0, 0.05) is 16.2 Å². The van der Waals surface area contributed by atoms with Crippen LogP contribution in [0.4, 0.5) is 0 Å². The Morgan fingerprint density at radius 3 is 2.77 bits per heavy atom. The quantitative estimate of drug-likeness (QED) is 0.625. The van der Waals surface area contributed by atoms with Gasteiger partial charge < -0.3 is 0 Å². The molecule has 2 aliphatic carbocycles. The Morgan fingerprint density at radius 1 is 1.31 bits per heavy atom. The number of fused-ring (bicyclic) bond motifs is 1. The minimum Gasteiger partial charge on any atom is -0.289 e. The normalized spacial score (nSPS) is 20.3. The minimum absolute atomic E-state index is 0.0547. The van der Waals surface area contributed by atoms with Crippen LogP contribution in [0.3, 0.4) is 0 Å². The monoisotopic (exact) mass is 192 g/mol. The maximum atomic E-state index is 11.4. The first-order valence-corrected chi connectivity index (χ1v) is 4.65. The Morgan fingerprint density at radius 2 is 2.08 bits per heavy atom. The lowest BCUT2D eigenvalue weighted by atomic mass is 9.94. The SMILES string of the molecule is CCC1=CC=C2C(=O)C=CC(Cl)=C12. The van der Waals surface area contributed by atoms with Crippen LogP contribution in [0.15, 0.2) is 46.1 Å². The van der Waals surface area contributed by atoms with Crippen LogP contribution >= 0.6 is 11.6 Å². The number of carbonyl (C=O) groups is 1. The van der Waals surface area contributed by atoms with Crippen molar-refractivity contribution in [3.05, 3.63) is 46.1 Å². The van der Waals surface area contributed by atoms with E-state index in [1.165, 1.54) is 6.08 Å². The topological polar surface area (TPSA) is 17.1 Å². The fourth-order valence-electron chi connectivity index (χ4n) is 1.63. The third-order valence-electron chi connectivity index (χ3n) is 2.31. The molecule has 0 unspecified atom stereocenters. The molecule has 2 rings (SSSR count). The summed E-state index contributed by atoms with van der Waals surface area (Å²) in [6.45, 7) is 2.06. The molecular weight excluding hydrogens is 184 g/mol. The Hall–Kier alpha value is -1.08. The van der Waals surface area contributed by atoms with E-state index in [1.807, 2.05) is 12.2 Å². The summed E-state index contributed by atoms with van der Waals surface area (Å²) >= 11 is 6.02. The van der Waals surface area contributed by atoms with Crippen LogP contribution in [0.2, 0.25) is 0 Å². The van der Waals surface area contributed by atoms with E-state index in [4.69, 9.17) is 11.6 Å². The molecule has 0 saturated heterocycles. The first-order chi connectivity index (χ1) is 6.24. The molecule has 0 saturated carbocycles. The van der Waals surface area contributed by atoms with Gasteiger partial charge in [-0.25, -0.2) is 0 Å². The van der Waals surface area contributed by atoms with Gasteiger partial charge in [0.1, 0.15) is 0 Å². The molecule has 0 bridgehead atoms. The molecule has 0 aromatic rings. The first kappa shape index (κ1) is 8.52. The molecule has 0 N–H and O–H groups in total. The molecular formula is C11H9ClO. The standard InChI is InChI=1S/C11H9ClO/c1-2-7-3-4-8-10(13)6-5-9(12)11(7)8/h3-6H,2H2,1H3. The molecule has 13 heavy (non-hydrogen) atoms. The highest BCUT2D eigenvalue weighted by molar-refractivity contribution is 6.34. The number of rotatable bonds is 1. The second kappa shape index (κ2) is 3.00. The molecule has 0 atom stereocenters. The van der Waals surface area contributed by atoms with E-state index in [-0.39, 0.29) is 5.78 Å². The Balaban J connectivity index is 2.53. The molecule has 2 aliphatic rings. The summed E-state index contributed by atoms with van der Waals surface area (Å²) in [5, 5.41) is 0.677. The Kier molecular flexibility index (Phi) is 1.97. The lowest BCUT2D eigenvalue weighted by Crippen LogP contribution is -2.05. The number of ketones is 1. The van der Waals surface area contributed by atoms with Crippen molar-refractivity contribution >= 4 is 17.4 Å². The van der Waals surface area contributed by atoms with Crippen LogP contribution in [-0.4, -0.2) is 5.78 Å². The summed E-state index contributed by atoms with van der Waals surface area (Å²) in [5.41, 5.74) is 2.82. The van der Waals surface area contributed by atoms with Crippen molar-refractivity contribution in [1.82, 2.24) is 0 Å². The second-order valence-corrected chi connectivity index (χ2v) is 3.45. The molecule has 0 fully saturated rings. The highest BCUT2D eigenvalue weighted by Crippen LogP contribution is 2.36. The van der Waals surface area contributed by atoms with Crippen LogP contribution in [-0.2, 0) is 4.79 Å². The second-order valence-electron chi connectivity index (χ2n) is 3.05. The van der Waals surface area contributed by atoms with Gasteiger partial charge >= 0.3 is 0 Å². The molecule has 0 aromatic carbocycles. The van der Waals surface area contributed by atoms with E-state index in [0.717, 1.165) is 23.1 Å². The largest absolute Gasteiger partial charge is 0.289 e. The van der Waals surface area contributed by atoms with Gasteiger partial charge in [-0.2, -0.15) is 0 Å². The summed E-state index contributed by atoms with van der Waals surface area (Å²) in [6.07, 6.45) is 7.92. The Labute approximate surface area is 82.1 Å². The summed E-state index contributed by atoms with van der Waals surface area (Å²) in [7, 11) is 0.